The lowest BCUT2D eigenvalue weighted by Crippen LogP contribution is -2.02. The van der Waals surface area contributed by atoms with E-state index in [0.29, 0.717) is 0 Å². The molecule has 1 aliphatic rings. The minimum atomic E-state index is 0.750. The number of rotatable bonds is 6. The van der Waals surface area contributed by atoms with E-state index < -0.39 is 0 Å². The van der Waals surface area contributed by atoms with Gasteiger partial charge in [-0.25, -0.2) is 9.97 Å². The zero-order chi connectivity index (χ0) is 37.0. The third-order valence-electron chi connectivity index (χ3n) is 11.2. The van der Waals surface area contributed by atoms with E-state index in [1.807, 2.05) is 6.07 Å². The van der Waals surface area contributed by atoms with Crippen LogP contribution in [0.5, 0.6) is 0 Å². The summed E-state index contributed by atoms with van der Waals surface area (Å²) in [6.45, 7) is 0. The fourth-order valence-corrected chi connectivity index (χ4v) is 8.65. The first kappa shape index (κ1) is 32.2. The normalized spacial score (nSPS) is 12.9. The number of allylic oxidation sites excluding steroid dienone is 4. The molecule has 3 heterocycles. The molecule has 11 rings (SSSR count). The number of nitrogens with zero attached hydrogens (tertiary/aromatic N) is 4. The highest BCUT2D eigenvalue weighted by Gasteiger charge is 2.21. The molecule has 0 saturated heterocycles. The van der Waals surface area contributed by atoms with E-state index in [-0.39, 0.29) is 0 Å². The van der Waals surface area contributed by atoms with Crippen LogP contribution in [0, 0.1) is 0 Å². The standard InChI is InChI=1S/C52H36N4/c1-4-17-35(18-5-1)44-34-45(54-52(53-44)36-19-6-2-7-20-36)42-24-11-14-28-47(42)56-48-29-15-12-25-43(48)51-39(26-16-30-49(51)56)37-31-32-41-40-23-10-13-27-46(40)55(50(41)33-37)38-21-8-3-9-22-38/h1,3-6,8-34H,2,7H2. The molecule has 0 aliphatic heterocycles. The zero-order valence-electron chi connectivity index (χ0n) is 30.7. The Morgan fingerprint density at radius 2 is 1.09 bits per heavy atom. The van der Waals surface area contributed by atoms with Gasteiger partial charge in [0.25, 0.3) is 0 Å². The molecule has 0 fully saturated rings. The summed E-state index contributed by atoms with van der Waals surface area (Å²) in [6.07, 6.45) is 8.66. The van der Waals surface area contributed by atoms with E-state index in [2.05, 4.69) is 197 Å². The second-order valence-corrected chi connectivity index (χ2v) is 14.5. The molecule has 0 amide bonds. The van der Waals surface area contributed by atoms with Crippen LogP contribution in [0.4, 0.5) is 0 Å². The van der Waals surface area contributed by atoms with Crippen LogP contribution in [0.2, 0.25) is 0 Å². The van der Waals surface area contributed by atoms with E-state index in [9.17, 15) is 0 Å². The Morgan fingerprint density at radius 3 is 1.91 bits per heavy atom. The van der Waals surface area contributed by atoms with Gasteiger partial charge in [-0.15, -0.1) is 0 Å². The van der Waals surface area contributed by atoms with Gasteiger partial charge in [0, 0.05) is 43.9 Å². The lowest BCUT2D eigenvalue weighted by atomic mass is 9.98. The summed E-state index contributed by atoms with van der Waals surface area (Å²) in [5.74, 6) is 0.750. The van der Waals surface area contributed by atoms with Crippen LogP contribution >= 0.6 is 0 Å². The molecule has 1 aliphatic carbocycles. The van der Waals surface area contributed by atoms with Crippen LogP contribution in [0.3, 0.4) is 0 Å². The van der Waals surface area contributed by atoms with Gasteiger partial charge in [0.15, 0.2) is 5.82 Å². The first-order valence-corrected chi connectivity index (χ1v) is 19.3. The number of hydrogen-bond donors (Lipinski definition) is 0. The van der Waals surface area contributed by atoms with Crippen molar-refractivity contribution in [2.75, 3.05) is 0 Å². The number of hydrogen-bond acceptors (Lipinski definition) is 2. The van der Waals surface area contributed by atoms with Crippen molar-refractivity contribution in [2.45, 2.75) is 12.8 Å². The Kier molecular flexibility index (Phi) is 7.59. The van der Waals surface area contributed by atoms with Crippen molar-refractivity contribution in [3.8, 4) is 45.0 Å². The highest BCUT2D eigenvalue weighted by Crippen LogP contribution is 2.42. The minimum absolute atomic E-state index is 0.750. The molecule has 4 nitrogen and oxygen atoms in total. The quantitative estimate of drug-likeness (QED) is 0.172. The van der Waals surface area contributed by atoms with Gasteiger partial charge in [-0.1, -0.05) is 146 Å². The SMILES string of the molecule is C1=CC(c2nc(-c3ccccc3)cc(-c3ccccc3-n3c4ccccc4c4c(-c5ccc6c7ccccc7n(-c7ccccc7)c6c5)cccc43)n2)=CCC1. The summed E-state index contributed by atoms with van der Waals surface area (Å²) in [5, 5.41) is 4.94. The van der Waals surface area contributed by atoms with Crippen LogP contribution in [-0.2, 0) is 0 Å². The Hall–Kier alpha value is -7.30. The molecule has 0 N–H and O–H groups in total. The topological polar surface area (TPSA) is 35.6 Å². The number of fused-ring (bicyclic) bond motifs is 6. The van der Waals surface area contributed by atoms with E-state index >= 15 is 0 Å². The predicted octanol–water partition coefficient (Wildman–Crippen LogP) is 13.4. The molecule has 0 bridgehead atoms. The van der Waals surface area contributed by atoms with Gasteiger partial charge in [0.05, 0.1) is 39.1 Å². The number of aromatic nitrogens is 4. The first-order valence-electron chi connectivity index (χ1n) is 19.3. The monoisotopic (exact) mass is 716 g/mol. The Bertz CT molecular complexity index is 3180. The van der Waals surface area contributed by atoms with Gasteiger partial charge in [-0.2, -0.15) is 0 Å². The van der Waals surface area contributed by atoms with Crippen LogP contribution < -0.4 is 0 Å². The van der Waals surface area contributed by atoms with E-state index in [1.165, 1.54) is 43.7 Å². The zero-order valence-corrected chi connectivity index (χ0v) is 30.7. The van der Waals surface area contributed by atoms with Crippen LogP contribution in [-0.4, -0.2) is 19.1 Å². The van der Waals surface area contributed by atoms with Crippen molar-refractivity contribution in [1.82, 2.24) is 19.1 Å². The summed E-state index contributed by atoms with van der Waals surface area (Å²) in [6, 6.07) is 63.1. The second-order valence-electron chi connectivity index (χ2n) is 14.5. The van der Waals surface area contributed by atoms with E-state index in [0.717, 1.165) is 69.2 Å². The highest BCUT2D eigenvalue weighted by molar-refractivity contribution is 6.17. The third-order valence-corrected chi connectivity index (χ3v) is 11.2. The molecular weight excluding hydrogens is 681 g/mol. The fourth-order valence-electron chi connectivity index (χ4n) is 8.65. The van der Waals surface area contributed by atoms with Gasteiger partial charge in [-0.3, -0.25) is 0 Å². The van der Waals surface area contributed by atoms with Gasteiger partial charge >= 0.3 is 0 Å². The molecule has 56 heavy (non-hydrogen) atoms. The molecule has 264 valence electrons. The molecule has 0 radical (unpaired) electrons. The molecule has 7 aromatic carbocycles. The second kappa shape index (κ2) is 13.2. The smallest absolute Gasteiger partial charge is 0.160 e. The van der Waals surface area contributed by atoms with Crippen molar-refractivity contribution in [2.24, 2.45) is 0 Å². The molecule has 0 spiro atoms. The largest absolute Gasteiger partial charge is 0.309 e. The number of para-hydroxylation sites is 4. The van der Waals surface area contributed by atoms with E-state index in [4.69, 9.17) is 9.97 Å². The summed E-state index contributed by atoms with van der Waals surface area (Å²) < 4.78 is 4.82. The van der Waals surface area contributed by atoms with Crippen molar-refractivity contribution in [1.29, 1.82) is 0 Å². The lowest BCUT2D eigenvalue weighted by molar-refractivity contribution is 1.03. The van der Waals surface area contributed by atoms with Crippen molar-refractivity contribution in [3.05, 3.63) is 200 Å². The summed E-state index contributed by atoms with van der Waals surface area (Å²) in [7, 11) is 0. The molecule has 0 unspecified atom stereocenters. The average Bonchev–Trinajstić information content (AvgIpc) is 3.80. The summed E-state index contributed by atoms with van der Waals surface area (Å²) in [4.78, 5) is 10.4. The minimum Gasteiger partial charge on any atom is -0.309 e. The average molecular weight is 717 g/mol. The van der Waals surface area contributed by atoms with Gasteiger partial charge in [-0.05, 0) is 72.5 Å². The van der Waals surface area contributed by atoms with Crippen LogP contribution in [0.15, 0.2) is 194 Å². The fraction of sp³-hybridized carbons (Fsp3) is 0.0385. The maximum absolute atomic E-state index is 5.28. The Labute approximate surface area is 325 Å². The summed E-state index contributed by atoms with van der Waals surface area (Å²) >= 11 is 0. The van der Waals surface area contributed by atoms with Gasteiger partial charge < -0.3 is 9.13 Å². The maximum atomic E-state index is 5.28. The lowest BCUT2D eigenvalue weighted by Gasteiger charge is -2.16. The van der Waals surface area contributed by atoms with Crippen LogP contribution in [0.1, 0.15) is 18.7 Å². The Balaban J connectivity index is 1.14. The summed E-state index contributed by atoms with van der Waals surface area (Å²) in [5.41, 5.74) is 14.3. The molecular formula is C52H36N4. The van der Waals surface area contributed by atoms with Crippen molar-refractivity contribution < 1.29 is 0 Å². The Morgan fingerprint density at radius 1 is 0.429 bits per heavy atom. The predicted molar refractivity (Wildman–Crippen MR) is 233 cm³/mol. The first-order chi connectivity index (χ1) is 27.8. The molecule has 0 atom stereocenters. The third kappa shape index (κ3) is 5.22. The van der Waals surface area contributed by atoms with Crippen molar-refractivity contribution in [3.63, 3.8) is 0 Å². The highest BCUT2D eigenvalue weighted by atomic mass is 15.0. The maximum Gasteiger partial charge on any atom is 0.160 e. The number of benzene rings is 7. The van der Waals surface area contributed by atoms with E-state index in [1.54, 1.807) is 0 Å². The van der Waals surface area contributed by atoms with Crippen molar-refractivity contribution >= 4 is 49.2 Å². The molecule has 3 aromatic heterocycles. The molecule has 0 saturated carbocycles. The molecule has 10 aromatic rings. The van der Waals surface area contributed by atoms with Gasteiger partial charge in [0.2, 0.25) is 0 Å². The molecule has 4 heteroatoms. The van der Waals surface area contributed by atoms with Gasteiger partial charge in [0.1, 0.15) is 0 Å². The van der Waals surface area contributed by atoms with Crippen LogP contribution in [0.25, 0.3) is 94.2 Å².